The molecule has 0 aliphatic carbocycles. The lowest BCUT2D eigenvalue weighted by Crippen LogP contribution is -2.25. The van der Waals surface area contributed by atoms with Crippen LogP contribution in [-0.4, -0.2) is 74.9 Å². The maximum absolute atomic E-state index is 13.2. The summed E-state index contributed by atoms with van der Waals surface area (Å²) in [6.45, 7) is 1.54. The smallest absolute Gasteiger partial charge is 0.280 e. The topological polar surface area (TPSA) is 138 Å². The summed E-state index contributed by atoms with van der Waals surface area (Å²) in [5, 5.41) is 6.62. The first-order valence-electron chi connectivity index (χ1n) is 11.3. The summed E-state index contributed by atoms with van der Waals surface area (Å²) < 4.78 is 41.4. The number of rotatable bonds is 8. The Kier molecular flexibility index (Phi) is 7.14. The number of hydrogen-bond donors (Lipinski definition) is 1. The van der Waals surface area contributed by atoms with Crippen molar-refractivity contribution < 1.29 is 32.3 Å². The molecule has 13 heteroatoms. The molecule has 0 bridgehead atoms. The average Bonchev–Trinajstić information content (AvgIpc) is 3.66. The molecule has 0 saturated carbocycles. The number of nitrogens with zero attached hydrogens (tertiary/aromatic N) is 3. The minimum Gasteiger partial charge on any atom is -0.481 e. The summed E-state index contributed by atoms with van der Waals surface area (Å²) in [5.74, 6) is -0.114. The van der Waals surface area contributed by atoms with Gasteiger partial charge in [-0.3, -0.25) is 10.1 Å². The number of amides is 1. The molecule has 2 atom stereocenters. The second-order valence-electron chi connectivity index (χ2n) is 8.24. The Morgan fingerprint density at radius 1 is 1.08 bits per heavy atom. The van der Waals surface area contributed by atoms with Crippen LogP contribution in [0.5, 0.6) is 5.88 Å². The second-order valence-corrected chi connectivity index (χ2v) is 11.4. The van der Waals surface area contributed by atoms with Crippen molar-refractivity contribution >= 4 is 48.3 Å². The lowest BCUT2D eigenvalue weighted by Gasteiger charge is -2.12. The fourth-order valence-electron chi connectivity index (χ4n) is 3.82. The van der Waals surface area contributed by atoms with Crippen LogP contribution >= 0.6 is 11.3 Å². The number of ether oxygens (including phenoxy) is 3. The number of sulfone groups is 1. The lowest BCUT2D eigenvalue weighted by molar-refractivity contribution is -0.110. The van der Waals surface area contributed by atoms with Crippen LogP contribution in [0.3, 0.4) is 0 Å². The maximum atomic E-state index is 13.2. The Morgan fingerprint density at radius 2 is 1.86 bits per heavy atom. The maximum Gasteiger partial charge on any atom is 0.280 e. The number of fused-ring (bicyclic) bond motifs is 1. The van der Waals surface area contributed by atoms with Crippen molar-refractivity contribution in [1.82, 2.24) is 9.97 Å². The van der Waals surface area contributed by atoms with Crippen LogP contribution in [0, 0.1) is 0 Å². The molecule has 3 aromatic rings. The van der Waals surface area contributed by atoms with Gasteiger partial charge in [-0.15, -0.1) is 0 Å². The van der Waals surface area contributed by atoms with Crippen LogP contribution in [0.15, 0.2) is 46.4 Å². The Morgan fingerprint density at radius 3 is 2.56 bits per heavy atom. The van der Waals surface area contributed by atoms with Crippen molar-refractivity contribution in [2.75, 3.05) is 38.9 Å². The third-order valence-electron chi connectivity index (χ3n) is 5.84. The van der Waals surface area contributed by atoms with Gasteiger partial charge in [0.15, 0.2) is 26.8 Å². The number of aromatic nitrogens is 2. The molecule has 11 nitrogen and oxygen atoms in total. The SMILES string of the molecule is COc1ccc2nc(NC(=O)/C(=N/O[C@@H]3CCOC3)c3ccc(S(=O)(=O)[C@H]4CCOC4)cc3)sc2n1. The highest BCUT2D eigenvalue weighted by atomic mass is 32.2. The Labute approximate surface area is 211 Å². The van der Waals surface area contributed by atoms with Crippen molar-refractivity contribution in [3.8, 4) is 5.88 Å². The number of oxime groups is 1. The molecule has 0 spiro atoms. The summed E-state index contributed by atoms with van der Waals surface area (Å²) in [7, 11) is -2.01. The van der Waals surface area contributed by atoms with E-state index < -0.39 is 21.0 Å². The molecule has 0 radical (unpaired) electrons. The van der Waals surface area contributed by atoms with E-state index in [1.54, 1.807) is 24.3 Å². The quantitative estimate of drug-likeness (QED) is 0.342. The van der Waals surface area contributed by atoms with Crippen molar-refractivity contribution in [1.29, 1.82) is 0 Å². The summed E-state index contributed by atoms with van der Waals surface area (Å²) in [5.41, 5.74) is 0.994. The number of thiazole rings is 1. The second kappa shape index (κ2) is 10.5. The van der Waals surface area contributed by atoms with E-state index in [4.69, 9.17) is 19.0 Å². The highest BCUT2D eigenvalue weighted by molar-refractivity contribution is 7.92. The highest BCUT2D eigenvalue weighted by Gasteiger charge is 2.31. The molecule has 2 aliphatic rings. The van der Waals surface area contributed by atoms with E-state index in [2.05, 4.69) is 20.4 Å². The van der Waals surface area contributed by atoms with Gasteiger partial charge in [0.05, 0.1) is 37.1 Å². The number of hydrogen-bond acceptors (Lipinski definition) is 11. The zero-order valence-corrected chi connectivity index (χ0v) is 21.0. The van der Waals surface area contributed by atoms with E-state index in [-0.39, 0.29) is 23.3 Å². The third-order valence-corrected chi connectivity index (χ3v) is 8.90. The number of anilines is 1. The fourth-order valence-corrected chi connectivity index (χ4v) is 6.23. The standard InChI is InChI=1S/C23H24N4O7S2/c1-31-19-7-6-18-22(25-19)35-23(24-18)26-21(28)20(27-34-15-8-10-32-12-15)14-2-4-16(5-3-14)36(29,30)17-9-11-33-13-17/h2-7,15,17H,8-13H2,1H3,(H,24,26,28)/b27-20+/t15-,17+/m1/s1. The Hall–Kier alpha value is -3.13. The van der Waals surface area contributed by atoms with E-state index >= 15 is 0 Å². The van der Waals surface area contributed by atoms with Gasteiger partial charge in [0.2, 0.25) is 5.88 Å². The van der Waals surface area contributed by atoms with Crippen molar-refractivity contribution in [2.45, 2.75) is 29.1 Å². The molecule has 1 amide bonds. The molecule has 36 heavy (non-hydrogen) atoms. The predicted molar refractivity (Wildman–Crippen MR) is 132 cm³/mol. The molecular weight excluding hydrogens is 508 g/mol. The normalized spacial score (nSPS) is 20.5. The third kappa shape index (κ3) is 5.19. The van der Waals surface area contributed by atoms with Gasteiger partial charge >= 0.3 is 0 Å². The zero-order valence-electron chi connectivity index (χ0n) is 19.4. The molecule has 2 aliphatic heterocycles. The highest BCUT2D eigenvalue weighted by Crippen LogP contribution is 2.27. The van der Waals surface area contributed by atoms with E-state index in [1.165, 1.54) is 30.6 Å². The zero-order chi connectivity index (χ0) is 25.1. The number of carbonyl (C=O) groups is 1. The monoisotopic (exact) mass is 532 g/mol. The van der Waals surface area contributed by atoms with Gasteiger partial charge < -0.3 is 19.0 Å². The van der Waals surface area contributed by atoms with Gasteiger partial charge in [-0.1, -0.05) is 28.6 Å². The lowest BCUT2D eigenvalue weighted by atomic mass is 10.1. The van der Waals surface area contributed by atoms with E-state index in [1.807, 2.05) is 0 Å². The van der Waals surface area contributed by atoms with Crippen LogP contribution in [0.25, 0.3) is 10.3 Å². The first-order chi connectivity index (χ1) is 17.4. The largest absolute Gasteiger partial charge is 0.481 e. The first kappa shape index (κ1) is 24.6. The van der Waals surface area contributed by atoms with Crippen LogP contribution < -0.4 is 10.1 Å². The Balaban J connectivity index is 1.40. The molecule has 1 N–H and O–H groups in total. The summed E-state index contributed by atoms with van der Waals surface area (Å²) in [6, 6.07) is 9.46. The summed E-state index contributed by atoms with van der Waals surface area (Å²) >= 11 is 1.19. The number of benzene rings is 1. The van der Waals surface area contributed by atoms with Gasteiger partial charge in [0, 0.05) is 24.7 Å². The number of nitrogens with one attached hydrogen (secondary N) is 1. The van der Waals surface area contributed by atoms with Crippen LogP contribution in [-0.2, 0) is 28.9 Å². The fraction of sp³-hybridized carbons (Fsp3) is 0.391. The minimum atomic E-state index is -3.53. The number of methoxy groups -OCH3 is 1. The van der Waals surface area contributed by atoms with E-state index in [9.17, 15) is 13.2 Å². The van der Waals surface area contributed by atoms with Gasteiger partial charge in [0.1, 0.15) is 10.3 Å². The van der Waals surface area contributed by atoms with Crippen LogP contribution in [0.4, 0.5) is 5.13 Å². The van der Waals surface area contributed by atoms with E-state index in [0.717, 1.165) is 0 Å². The predicted octanol–water partition coefficient (Wildman–Crippen LogP) is 2.41. The minimum absolute atomic E-state index is 0.0140. The van der Waals surface area contributed by atoms with Crippen molar-refractivity contribution in [3.05, 3.63) is 42.0 Å². The molecule has 2 fully saturated rings. The van der Waals surface area contributed by atoms with Gasteiger partial charge in [0.25, 0.3) is 5.91 Å². The molecule has 4 heterocycles. The molecule has 0 unspecified atom stereocenters. The summed E-state index contributed by atoms with van der Waals surface area (Å²) in [4.78, 5) is 28.3. The molecule has 2 saturated heterocycles. The van der Waals surface area contributed by atoms with Gasteiger partial charge in [-0.05, 0) is 24.6 Å². The molecular formula is C23H24N4O7S2. The van der Waals surface area contributed by atoms with Gasteiger partial charge in [-0.25, -0.2) is 18.4 Å². The summed E-state index contributed by atoms with van der Waals surface area (Å²) in [6.07, 6.45) is 0.845. The van der Waals surface area contributed by atoms with E-state index in [0.29, 0.717) is 59.6 Å². The first-order valence-corrected chi connectivity index (χ1v) is 13.7. The molecule has 1 aromatic carbocycles. The van der Waals surface area contributed by atoms with Gasteiger partial charge in [-0.2, -0.15) is 0 Å². The van der Waals surface area contributed by atoms with Crippen molar-refractivity contribution in [3.63, 3.8) is 0 Å². The van der Waals surface area contributed by atoms with Crippen LogP contribution in [0.2, 0.25) is 0 Å². The van der Waals surface area contributed by atoms with Crippen molar-refractivity contribution in [2.24, 2.45) is 5.16 Å². The Bertz CT molecular complexity index is 1380. The molecule has 5 rings (SSSR count). The molecule has 2 aromatic heterocycles. The van der Waals surface area contributed by atoms with Crippen LogP contribution in [0.1, 0.15) is 18.4 Å². The number of pyridine rings is 1. The average molecular weight is 533 g/mol. The number of carbonyl (C=O) groups excluding carboxylic acids is 1. The molecule has 190 valence electrons.